The van der Waals surface area contributed by atoms with Gasteiger partial charge in [0.2, 0.25) is 0 Å². The molecule has 0 saturated heterocycles. The maximum Gasteiger partial charge on any atom is 0.323 e. The molecule has 1 aromatic carbocycles. The standard InChI is InChI=1S/C17H23NO4/c1-12(2)9-18(10-16(19)20)17(21)14-5-7-15(8-6-14)22-11-13-3-4-13/h5-8,12-13H,3-4,9-11H2,1-2H3,(H,19,20). The maximum absolute atomic E-state index is 12.4. The minimum Gasteiger partial charge on any atom is -0.493 e. The van der Waals surface area contributed by atoms with Crippen molar-refractivity contribution in [2.45, 2.75) is 26.7 Å². The number of carboxylic acid groups (broad SMARTS) is 1. The summed E-state index contributed by atoms with van der Waals surface area (Å²) in [7, 11) is 0. The third-order valence-corrected chi connectivity index (χ3v) is 3.48. The van der Waals surface area contributed by atoms with Crippen LogP contribution in [0.5, 0.6) is 5.75 Å². The van der Waals surface area contributed by atoms with Crippen molar-refractivity contribution in [1.82, 2.24) is 4.90 Å². The zero-order chi connectivity index (χ0) is 16.1. The van der Waals surface area contributed by atoms with Gasteiger partial charge in [-0.1, -0.05) is 13.8 Å². The minimum atomic E-state index is -1.00. The quantitative estimate of drug-likeness (QED) is 0.802. The van der Waals surface area contributed by atoms with Crippen LogP contribution in [0.15, 0.2) is 24.3 Å². The number of hydrogen-bond donors (Lipinski definition) is 1. The normalized spacial score (nSPS) is 14.0. The van der Waals surface area contributed by atoms with Crippen molar-refractivity contribution in [2.24, 2.45) is 11.8 Å². The van der Waals surface area contributed by atoms with Crippen LogP contribution in [0.4, 0.5) is 0 Å². The first kappa shape index (κ1) is 16.3. The van der Waals surface area contributed by atoms with E-state index in [0.717, 1.165) is 12.4 Å². The van der Waals surface area contributed by atoms with E-state index < -0.39 is 5.97 Å². The van der Waals surface area contributed by atoms with Gasteiger partial charge in [0.15, 0.2) is 0 Å². The summed E-state index contributed by atoms with van der Waals surface area (Å²) in [5, 5.41) is 8.95. The Hall–Kier alpha value is -2.04. The first-order valence-corrected chi connectivity index (χ1v) is 7.69. The summed E-state index contributed by atoms with van der Waals surface area (Å²) in [5.41, 5.74) is 0.487. The van der Waals surface area contributed by atoms with Gasteiger partial charge in [0.05, 0.1) is 6.61 Å². The Bertz CT molecular complexity index is 520. The number of nitrogens with zero attached hydrogens (tertiary/aromatic N) is 1. The van der Waals surface area contributed by atoms with Gasteiger partial charge in [0.1, 0.15) is 12.3 Å². The van der Waals surface area contributed by atoms with Crippen molar-refractivity contribution in [2.75, 3.05) is 19.7 Å². The van der Waals surface area contributed by atoms with Crippen molar-refractivity contribution in [3.05, 3.63) is 29.8 Å². The zero-order valence-corrected chi connectivity index (χ0v) is 13.1. The average molecular weight is 305 g/mol. The van der Waals surface area contributed by atoms with E-state index in [1.807, 2.05) is 13.8 Å². The maximum atomic E-state index is 12.4. The molecule has 1 aliphatic carbocycles. The fourth-order valence-corrected chi connectivity index (χ4v) is 2.20. The molecule has 1 aromatic rings. The molecule has 0 radical (unpaired) electrons. The lowest BCUT2D eigenvalue weighted by molar-refractivity contribution is -0.137. The van der Waals surface area contributed by atoms with Crippen molar-refractivity contribution in [3.63, 3.8) is 0 Å². The van der Waals surface area contributed by atoms with Gasteiger partial charge in [0, 0.05) is 12.1 Å². The van der Waals surface area contributed by atoms with E-state index in [1.165, 1.54) is 17.7 Å². The highest BCUT2D eigenvalue weighted by molar-refractivity contribution is 5.95. The van der Waals surface area contributed by atoms with Gasteiger partial charge < -0.3 is 14.7 Å². The van der Waals surface area contributed by atoms with Gasteiger partial charge in [-0.15, -0.1) is 0 Å². The smallest absolute Gasteiger partial charge is 0.323 e. The SMILES string of the molecule is CC(C)CN(CC(=O)O)C(=O)c1ccc(OCC2CC2)cc1. The van der Waals surface area contributed by atoms with Crippen molar-refractivity contribution in [1.29, 1.82) is 0 Å². The van der Waals surface area contributed by atoms with E-state index in [4.69, 9.17) is 9.84 Å². The fourth-order valence-electron chi connectivity index (χ4n) is 2.20. The first-order chi connectivity index (χ1) is 10.5. The minimum absolute atomic E-state index is 0.212. The summed E-state index contributed by atoms with van der Waals surface area (Å²) >= 11 is 0. The highest BCUT2D eigenvalue weighted by atomic mass is 16.5. The second kappa shape index (κ2) is 7.29. The summed E-state index contributed by atoms with van der Waals surface area (Å²) < 4.78 is 5.64. The van der Waals surface area contributed by atoms with Crippen LogP contribution in [0.25, 0.3) is 0 Å². The van der Waals surface area contributed by atoms with Crippen LogP contribution in [-0.4, -0.2) is 41.6 Å². The Labute approximate surface area is 130 Å². The fraction of sp³-hybridized carbons (Fsp3) is 0.529. The number of carbonyl (C=O) groups is 2. The molecular weight excluding hydrogens is 282 g/mol. The molecule has 0 atom stereocenters. The predicted molar refractivity (Wildman–Crippen MR) is 83.0 cm³/mol. The van der Waals surface area contributed by atoms with Crippen LogP contribution in [0.2, 0.25) is 0 Å². The number of hydrogen-bond acceptors (Lipinski definition) is 3. The number of aliphatic carboxylic acids is 1. The van der Waals surface area contributed by atoms with Gasteiger partial charge in [-0.25, -0.2) is 0 Å². The average Bonchev–Trinajstić information content (AvgIpc) is 3.27. The van der Waals surface area contributed by atoms with Crippen LogP contribution in [0.3, 0.4) is 0 Å². The summed E-state index contributed by atoms with van der Waals surface area (Å²) in [5.74, 6) is 0.378. The van der Waals surface area contributed by atoms with E-state index in [2.05, 4.69) is 0 Å². The molecule has 5 nitrogen and oxygen atoms in total. The lowest BCUT2D eigenvalue weighted by Crippen LogP contribution is -2.38. The Morgan fingerprint density at radius 2 is 1.91 bits per heavy atom. The van der Waals surface area contributed by atoms with Crippen LogP contribution in [0.1, 0.15) is 37.0 Å². The van der Waals surface area contributed by atoms with E-state index in [9.17, 15) is 9.59 Å². The van der Waals surface area contributed by atoms with Gasteiger partial charge in [-0.2, -0.15) is 0 Å². The highest BCUT2D eigenvalue weighted by Crippen LogP contribution is 2.29. The first-order valence-electron chi connectivity index (χ1n) is 7.69. The molecule has 1 aliphatic rings. The number of amides is 1. The number of rotatable bonds is 8. The van der Waals surface area contributed by atoms with Crippen LogP contribution < -0.4 is 4.74 Å². The van der Waals surface area contributed by atoms with Gasteiger partial charge in [-0.3, -0.25) is 9.59 Å². The summed E-state index contributed by atoms with van der Waals surface area (Å²) in [6.07, 6.45) is 2.46. The van der Waals surface area contributed by atoms with Crippen LogP contribution in [-0.2, 0) is 4.79 Å². The highest BCUT2D eigenvalue weighted by Gasteiger charge is 2.22. The molecular formula is C17H23NO4. The molecule has 2 rings (SSSR count). The third kappa shape index (κ3) is 5.06. The number of ether oxygens (including phenoxy) is 1. The second-order valence-electron chi connectivity index (χ2n) is 6.25. The second-order valence-corrected chi connectivity index (χ2v) is 6.25. The molecule has 1 fully saturated rings. The molecule has 120 valence electrons. The Balaban J connectivity index is 1.99. The number of carboxylic acids is 1. The Morgan fingerprint density at radius 1 is 1.27 bits per heavy atom. The van der Waals surface area contributed by atoms with Crippen molar-refractivity contribution < 1.29 is 19.4 Å². The largest absolute Gasteiger partial charge is 0.493 e. The Kier molecular flexibility index (Phi) is 5.41. The third-order valence-electron chi connectivity index (χ3n) is 3.48. The van der Waals surface area contributed by atoms with E-state index >= 15 is 0 Å². The molecule has 1 saturated carbocycles. The number of carbonyl (C=O) groups excluding carboxylic acids is 1. The topological polar surface area (TPSA) is 66.8 Å². The van der Waals surface area contributed by atoms with Crippen molar-refractivity contribution >= 4 is 11.9 Å². The summed E-state index contributed by atoms with van der Waals surface area (Å²) in [4.78, 5) is 24.7. The summed E-state index contributed by atoms with van der Waals surface area (Å²) in [6, 6.07) is 6.92. The molecule has 1 amide bonds. The van der Waals surface area contributed by atoms with Gasteiger partial charge in [0.25, 0.3) is 5.91 Å². The van der Waals surface area contributed by atoms with Crippen molar-refractivity contribution in [3.8, 4) is 5.75 Å². The lowest BCUT2D eigenvalue weighted by atomic mass is 10.1. The molecule has 22 heavy (non-hydrogen) atoms. The molecule has 0 spiro atoms. The van der Waals surface area contributed by atoms with Crippen LogP contribution >= 0.6 is 0 Å². The molecule has 0 aromatic heterocycles. The lowest BCUT2D eigenvalue weighted by Gasteiger charge is -2.22. The zero-order valence-electron chi connectivity index (χ0n) is 13.1. The van der Waals surface area contributed by atoms with Gasteiger partial charge in [-0.05, 0) is 48.9 Å². The van der Waals surface area contributed by atoms with E-state index in [1.54, 1.807) is 24.3 Å². The van der Waals surface area contributed by atoms with Crippen LogP contribution in [0, 0.1) is 11.8 Å². The van der Waals surface area contributed by atoms with E-state index in [0.29, 0.717) is 18.0 Å². The molecule has 0 aliphatic heterocycles. The monoisotopic (exact) mass is 305 g/mol. The van der Waals surface area contributed by atoms with Gasteiger partial charge >= 0.3 is 5.97 Å². The Morgan fingerprint density at radius 3 is 2.41 bits per heavy atom. The predicted octanol–water partition coefficient (Wildman–Crippen LogP) is 2.66. The molecule has 5 heteroatoms. The molecule has 0 heterocycles. The molecule has 0 unspecified atom stereocenters. The molecule has 1 N–H and O–H groups in total. The summed E-state index contributed by atoms with van der Waals surface area (Å²) in [6.45, 7) is 4.78. The molecule has 0 bridgehead atoms. The number of benzene rings is 1. The van der Waals surface area contributed by atoms with E-state index in [-0.39, 0.29) is 18.4 Å².